The molecule has 23 heavy (non-hydrogen) atoms. The van der Waals surface area contributed by atoms with Gasteiger partial charge in [0.2, 0.25) is 0 Å². The van der Waals surface area contributed by atoms with E-state index in [1.807, 2.05) is 13.0 Å². The quantitative estimate of drug-likeness (QED) is 0.846. The first-order chi connectivity index (χ1) is 11.1. The molecule has 2 heterocycles. The van der Waals surface area contributed by atoms with E-state index in [-0.39, 0.29) is 10.7 Å². The maximum absolute atomic E-state index is 12.1. The molecule has 3 amide bonds. The largest absolute Gasteiger partial charge is 0.326 e. The van der Waals surface area contributed by atoms with Crippen molar-refractivity contribution in [2.75, 3.05) is 5.32 Å². The second-order valence-electron chi connectivity index (χ2n) is 5.41. The van der Waals surface area contributed by atoms with E-state index in [1.165, 1.54) is 12.3 Å². The molecule has 0 unspecified atom stereocenters. The number of pyridine rings is 2. The molecular formula is C16H15ClN4O2. The van der Waals surface area contributed by atoms with Crippen LogP contribution in [0.4, 0.5) is 10.5 Å². The monoisotopic (exact) mass is 330 g/mol. The number of hydrogen-bond acceptors (Lipinski definition) is 4. The topological polar surface area (TPSA) is 84.0 Å². The zero-order valence-corrected chi connectivity index (χ0v) is 13.2. The van der Waals surface area contributed by atoms with Gasteiger partial charge in [-0.25, -0.2) is 9.78 Å². The number of hydrogen-bond donors (Lipinski definition) is 2. The smallest absolute Gasteiger partial charge is 0.306 e. The van der Waals surface area contributed by atoms with E-state index in [2.05, 4.69) is 20.6 Å². The number of nitrogens with zero attached hydrogens (tertiary/aromatic N) is 2. The average Bonchev–Trinajstić information content (AvgIpc) is 3.34. The third-order valence-electron chi connectivity index (χ3n) is 3.62. The first-order valence-corrected chi connectivity index (χ1v) is 7.62. The van der Waals surface area contributed by atoms with Crippen LogP contribution >= 0.6 is 11.6 Å². The number of aromatic nitrogens is 2. The van der Waals surface area contributed by atoms with Gasteiger partial charge in [-0.15, -0.1) is 0 Å². The number of halogens is 1. The standard InChI is InChI=1S/C16H15ClN4O2/c1-9-6-8-18-13(10-4-5-10)12(9)20-16(23)21-15(22)11-3-2-7-19-14(11)17/h2-3,6-8,10H,4-5H2,1H3,(H2,20,21,22,23). The summed E-state index contributed by atoms with van der Waals surface area (Å²) in [5.41, 5.74) is 2.59. The van der Waals surface area contributed by atoms with Crippen LogP contribution in [-0.4, -0.2) is 21.9 Å². The Kier molecular flexibility index (Phi) is 4.25. The Balaban J connectivity index is 1.73. The lowest BCUT2D eigenvalue weighted by Gasteiger charge is -2.13. The molecule has 2 aromatic heterocycles. The van der Waals surface area contributed by atoms with E-state index in [9.17, 15) is 9.59 Å². The van der Waals surface area contributed by atoms with Crippen LogP contribution in [0.25, 0.3) is 0 Å². The molecule has 2 N–H and O–H groups in total. The summed E-state index contributed by atoms with van der Waals surface area (Å²) in [4.78, 5) is 32.4. The van der Waals surface area contributed by atoms with Crippen molar-refractivity contribution >= 4 is 29.2 Å². The normalized spacial score (nSPS) is 13.5. The van der Waals surface area contributed by atoms with Gasteiger partial charge in [-0.3, -0.25) is 15.1 Å². The van der Waals surface area contributed by atoms with Crippen LogP contribution in [0.15, 0.2) is 30.6 Å². The lowest BCUT2D eigenvalue weighted by molar-refractivity contribution is 0.0967. The summed E-state index contributed by atoms with van der Waals surface area (Å²) in [5.74, 6) is -0.219. The summed E-state index contributed by atoms with van der Waals surface area (Å²) in [6, 6.07) is 4.28. The van der Waals surface area contributed by atoms with Crippen molar-refractivity contribution in [1.29, 1.82) is 0 Å². The minimum atomic E-state index is -0.618. The molecule has 0 aromatic carbocycles. The van der Waals surface area contributed by atoms with Crippen molar-refractivity contribution in [1.82, 2.24) is 15.3 Å². The van der Waals surface area contributed by atoms with Crippen LogP contribution in [0, 0.1) is 6.92 Å². The minimum Gasteiger partial charge on any atom is -0.306 e. The van der Waals surface area contributed by atoms with Gasteiger partial charge in [-0.2, -0.15) is 0 Å². The number of carbonyl (C=O) groups is 2. The van der Waals surface area contributed by atoms with Gasteiger partial charge < -0.3 is 5.32 Å². The van der Waals surface area contributed by atoms with E-state index in [0.717, 1.165) is 24.1 Å². The van der Waals surface area contributed by atoms with Gasteiger partial charge in [-0.1, -0.05) is 11.6 Å². The predicted molar refractivity (Wildman–Crippen MR) is 86.7 cm³/mol. The Labute approximate surface area is 138 Å². The number of aryl methyl sites for hydroxylation is 1. The Morgan fingerprint density at radius 1 is 1.22 bits per heavy atom. The fourth-order valence-electron chi connectivity index (χ4n) is 2.28. The lowest BCUT2D eigenvalue weighted by atomic mass is 10.1. The molecule has 1 aliphatic carbocycles. The number of urea groups is 1. The number of rotatable bonds is 3. The highest BCUT2D eigenvalue weighted by molar-refractivity contribution is 6.33. The summed E-state index contributed by atoms with van der Waals surface area (Å²) < 4.78 is 0. The summed E-state index contributed by atoms with van der Waals surface area (Å²) >= 11 is 5.85. The molecule has 3 rings (SSSR count). The zero-order valence-electron chi connectivity index (χ0n) is 12.5. The van der Waals surface area contributed by atoms with Gasteiger partial charge in [-0.05, 0) is 43.5 Å². The molecule has 2 aromatic rings. The molecule has 0 bridgehead atoms. The van der Waals surface area contributed by atoms with Crippen molar-refractivity contribution in [3.8, 4) is 0 Å². The molecule has 1 fully saturated rings. The Morgan fingerprint density at radius 3 is 2.70 bits per heavy atom. The van der Waals surface area contributed by atoms with Crippen LogP contribution < -0.4 is 10.6 Å². The van der Waals surface area contributed by atoms with Crippen molar-refractivity contribution in [2.24, 2.45) is 0 Å². The van der Waals surface area contributed by atoms with Gasteiger partial charge in [0.25, 0.3) is 5.91 Å². The van der Waals surface area contributed by atoms with Gasteiger partial charge in [0.05, 0.1) is 16.9 Å². The molecule has 0 aliphatic heterocycles. The lowest BCUT2D eigenvalue weighted by Crippen LogP contribution is -2.35. The van der Waals surface area contributed by atoms with Crippen molar-refractivity contribution in [2.45, 2.75) is 25.7 Å². The number of nitrogens with one attached hydrogen (secondary N) is 2. The molecule has 1 aliphatic rings. The van der Waals surface area contributed by atoms with E-state index in [0.29, 0.717) is 11.6 Å². The van der Waals surface area contributed by atoms with E-state index in [4.69, 9.17) is 11.6 Å². The molecule has 1 saturated carbocycles. The molecule has 7 heteroatoms. The third kappa shape index (κ3) is 3.48. The summed E-state index contributed by atoms with van der Waals surface area (Å²) in [6.45, 7) is 1.89. The zero-order chi connectivity index (χ0) is 16.4. The minimum absolute atomic E-state index is 0.0500. The molecule has 0 radical (unpaired) electrons. The fourth-order valence-corrected chi connectivity index (χ4v) is 2.48. The second kappa shape index (κ2) is 6.34. The van der Waals surface area contributed by atoms with Gasteiger partial charge in [0.15, 0.2) is 0 Å². The van der Waals surface area contributed by atoms with Crippen LogP contribution in [0.1, 0.15) is 40.4 Å². The Morgan fingerprint density at radius 2 is 2.00 bits per heavy atom. The maximum Gasteiger partial charge on any atom is 0.326 e. The summed E-state index contributed by atoms with van der Waals surface area (Å²) in [6.07, 6.45) is 5.33. The van der Waals surface area contributed by atoms with E-state index < -0.39 is 11.9 Å². The van der Waals surface area contributed by atoms with Crippen LogP contribution in [0.2, 0.25) is 5.15 Å². The van der Waals surface area contributed by atoms with Gasteiger partial charge in [0.1, 0.15) is 5.15 Å². The molecule has 0 spiro atoms. The molecular weight excluding hydrogens is 316 g/mol. The molecule has 0 saturated heterocycles. The highest BCUT2D eigenvalue weighted by atomic mass is 35.5. The van der Waals surface area contributed by atoms with Gasteiger partial charge >= 0.3 is 6.03 Å². The molecule has 6 nitrogen and oxygen atoms in total. The van der Waals surface area contributed by atoms with E-state index >= 15 is 0 Å². The number of imide groups is 1. The van der Waals surface area contributed by atoms with Crippen LogP contribution in [0.3, 0.4) is 0 Å². The first-order valence-electron chi connectivity index (χ1n) is 7.24. The van der Waals surface area contributed by atoms with Crippen molar-refractivity contribution in [3.63, 3.8) is 0 Å². The molecule has 118 valence electrons. The molecule has 0 atom stereocenters. The Hall–Kier alpha value is -2.47. The van der Waals surface area contributed by atoms with Crippen LogP contribution in [0.5, 0.6) is 0 Å². The predicted octanol–water partition coefficient (Wildman–Crippen LogP) is 3.28. The number of anilines is 1. The summed E-state index contributed by atoms with van der Waals surface area (Å²) in [7, 11) is 0. The maximum atomic E-state index is 12.1. The second-order valence-corrected chi connectivity index (χ2v) is 5.77. The first kappa shape index (κ1) is 15.4. The average molecular weight is 331 g/mol. The van der Waals surface area contributed by atoms with Gasteiger partial charge in [0, 0.05) is 18.3 Å². The number of carbonyl (C=O) groups excluding carboxylic acids is 2. The fraction of sp³-hybridized carbons (Fsp3) is 0.250. The third-order valence-corrected chi connectivity index (χ3v) is 3.92. The van der Waals surface area contributed by atoms with E-state index in [1.54, 1.807) is 12.3 Å². The number of amides is 3. The SMILES string of the molecule is Cc1ccnc(C2CC2)c1NC(=O)NC(=O)c1cccnc1Cl. The summed E-state index contributed by atoms with van der Waals surface area (Å²) in [5, 5.41) is 5.03. The van der Waals surface area contributed by atoms with Crippen molar-refractivity contribution in [3.05, 3.63) is 52.6 Å². The highest BCUT2D eigenvalue weighted by Crippen LogP contribution is 2.42. The Bertz CT molecular complexity index is 774. The van der Waals surface area contributed by atoms with Crippen LogP contribution in [-0.2, 0) is 0 Å². The highest BCUT2D eigenvalue weighted by Gasteiger charge is 2.29. The van der Waals surface area contributed by atoms with Crippen molar-refractivity contribution < 1.29 is 9.59 Å².